The zero-order valence-corrected chi connectivity index (χ0v) is 18.6. The molecule has 1 aliphatic rings. The summed E-state index contributed by atoms with van der Waals surface area (Å²) >= 11 is 0. The minimum atomic E-state index is -0.254. The van der Waals surface area contributed by atoms with Gasteiger partial charge in [0.2, 0.25) is 5.91 Å². The predicted octanol–water partition coefficient (Wildman–Crippen LogP) is 5.97. The maximum atomic E-state index is 13.0. The number of methoxy groups -OCH3 is 1. The Kier molecular flexibility index (Phi) is 10.2. The maximum Gasteiger partial charge on any atom is 0.223 e. The minimum absolute atomic E-state index is 0.0211. The van der Waals surface area contributed by atoms with E-state index in [1.807, 2.05) is 6.92 Å². The molecule has 0 aliphatic heterocycles. The molecule has 0 aromatic rings. The fraction of sp³-hybridized carbons (Fsp3) is 0.957. The van der Waals surface area contributed by atoms with Gasteiger partial charge in [0, 0.05) is 19.1 Å². The molecule has 1 rings (SSSR count). The SMILES string of the molecule is COC(C)(C)CC(C)C(=O)NC(C(C)CC(C)C)C1CCCCCCC1. The van der Waals surface area contributed by atoms with Crippen LogP contribution in [0.4, 0.5) is 0 Å². The molecule has 1 saturated carbocycles. The second kappa shape index (κ2) is 11.3. The van der Waals surface area contributed by atoms with Crippen molar-refractivity contribution in [3.63, 3.8) is 0 Å². The normalized spacial score (nSPS) is 20.9. The Morgan fingerprint density at radius 2 is 1.58 bits per heavy atom. The third-order valence-corrected chi connectivity index (χ3v) is 6.22. The van der Waals surface area contributed by atoms with E-state index in [9.17, 15) is 4.79 Å². The second-order valence-electron chi connectivity index (χ2n) is 9.82. The van der Waals surface area contributed by atoms with Gasteiger partial charge in [-0.3, -0.25) is 4.79 Å². The lowest BCUT2D eigenvalue weighted by molar-refractivity contribution is -0.128. The van der Waals surface area contributed by atoms with Crippen LogP contribution in [0.1, 0.15) is 99.3 Å². The van der Waals surface area contributed by atoms with Gasteiger partial charge in [0.1, 0.15) is 0 Å². The summed E-state index contributed by atoms with van der Waals surface area (Å²) in [6.07, 6.45) is 11.2. The van der Waals surface area contributed by atoms with E-state index in [0.717, 1.165) is 6.42 Å². The fourth-order valence-electron chi connectivity index (χ4n) is 4.68. The fourth-order valence-corrected chi connectivity index (χ4v) is 4.68. The van der Waals surface area contributed by atoms with Crippen molar-refractivity contribution in [2.24, 2.45) is 23.7 Å². The number of ether oxygens (including phenoxy) is 1. The molecule has 26 heavy (non-hydrogen) atoms. The van der Waals surface area contributed by atoms with Gasteiger partial charge in [0.05, 0.1) is 5.60 Å². The standard InChI is InChI=1S/C23H45NO2/c1-17(2)15-18(3)21(20-13-11-9-8-10-12-14-20)24-22(25)19(4)16-23(5,6)26-7/h17-21H,8-16H2,1-7H3,(H,24,25). The Bertz CT molecular complexity index is 397. The molecular formula is C23H45NO2. The lowest BCUT2D eigenvalue weighted by Gasteiger charge is -2.36. The van der Waals surface area contributed by atoms with Crippen LogP contribution in [0.5, 0.6) is 0 Å². The van der Waals surface area contributed by atoms with Crippen LogP contribution in [0, 0.1) is 23.7 Å². The van der Waals surface area contributed by atoms with Gasteiger partial charge in [-0.25, -0.2) is 0 Å². The summed E-state index contributed by atoms with van der Waals surface area (Å²) in [5.41, 5.74) is -0.254. The Morgan fingerprint density at radius 1 is 1.04 bits per heavy atom. The van der Waals surface area contributed by atoms with Crippen molar-refractivity contribution >= 4 is 5.91 Å². The van der Waals surface area contributed by atoms with Crippen molar-refractivity contribution in [2.45, 2.75) is 111 Å². The molecular weight excluding hydrogens is 322 g/mol. The zero-order valence-electron chi connectivity index (χ0n) is 18.6. The smallest absolute Gasteiger partial charge is 0.223 e. The molecule has 0 spiro atoms. The first kappa shape index (κ1) is 23.5. The predicted molar refractivity (Wildman–Crippen MR) is 111 cm³/mol. The van der Waals surface area contributed by atoms with Gasteiger partial charge in [-0.1, -0.05) is 59.8 Å². The molecule has 0 radical (unpaired) electrons. The van der Waals surface area contributed by atoms with E-state index in [-0.39, 0.29) is 17.4 Å². The Labute approximate surface area is 163 Å². The largest absolute Gasteiger partial charge is 0.379 e. The third kappa shape index (κ3) is 8.41. The van der Waals surface area contributed by atoms with E-state index in [1.165, 1.54) is 51.4 Å². The lowest BCUT2D eigenvalue weighted by Crippen LogP contribution is -2.48. The summed E-state index contributed by atoms with van der Waals surface area (Å²) in [5, 5.41) is 3.49. The molecule has 0 saturated heterocycles. The van der Waals surface area contributed by atoms with Crippen molar-refractivity contribution in [2.75, 3.05) is 7.11 Å². The summed E-state index contributed by atoms with van der Waals surface area (Å²) in [4.78, 5) is 13.0. The molecule has 1 N–H and O–H groups in total. The highest BCUT2D eigenvalue weighted by Gasteiger charge is 2.31. The summed E-state index contributed by atoms with van der Waals surface area (Å²) in [7, 11) is 1.73. The molecule has 1 amide bonds. The molecule has 0 heterocycles. The van der Waals surface area contributed by atoms with E-state index >= 15 is 0 Å². The van der Waals surface area contributed by atoms with Crippen molar-refractivity contribution in [3.05, 3.63) is 0 Å². The number of amides is 1. The number of carbonyl (C=O) groups excluding carboxylic acids is 1. The van der Waals surface area contributed by atoms with Crippen molar-refractivity contribution in [1.82, 2.24) is 5.32 Å². The maximum absolute atomic E-state index is 13.0. The van der Waals surface area contributed by atoms with E-state index in [0.29, 0.717) is 23.8 Å². The summed E-state index contributed by atoms with van der Waals surface area (Å²) in [6, 6.07) is 0.316. The van der Waals surface area contributed by atoms with Crippen LogP contribution in [0.3, 0.4) is 0 Å². The lowest BCUT2D eigenvalue weighted by atomic mass is 9.78. The Balaban J connectivity index is 2.81. The molecule has 3 nitrogen and oxygen atoms in total. The summed E-state index contributed by atoms with van der Waals surface area (Å²) < 4.78 is 5.53. The molecule has 1 fully saturated rings. The molecule has 0 aromatic heterocycles. The highest BCUT2D eigenvalue weighted by atomic mass is 16.5. The first-order valence-corrected chi connectivity index (χ1v) is 11.0. The van der Waals surface area contributed by atoms with Gasteiger partial charge in [-0.15, -0.1) is 0 Å². The highest BCUT2D eigenvalue weighted by Crippen LogP contribution is 2.31. The van der Waals surface area contributed by atoms with Crippen LogP contribution >= 0.6 is 0 Å². The average molecular weight is 368 g/mol. The molecule has 3 heteroatoms. The molecule has 154 valence electrons. The van der Waals surface area contributed by atoms with Crippen molar-refractivity contribution in [1.29, 1.82) is 0 Å². The highest BCUT2D eigenvalue weighted by molar-refractivity contribution is 5.78. The van der Waals surface area contributed by atoms with Gasteiger partial charge in [0.15, 0.2) is 0 Å². The van der Waals surface area contributed by atoms with Gasteiger partial charge in [-0.2, -0.15) is 0 Å². The van der Waals surface area contributed by atoms with Crippen LogP contribution in [0.15, 0.2) is 0 Å². The quantitative estimate of drug-likeness (QED) is 0.545. The van der Waals surface area contributed by atoms with Crippen molar-refractivity contribution < 1.29 is 9.53 Å². The topological polar surface area (TPSA) is 38.3 Å². The first-order valence-electron chi connectivity index (χ1n) is 11.0. The van der Waals surface area contributed by atoms with Crippen LogP contribution in [-0.2, 0) is 9.53 Å². The van der Waals surface area contributed by atoms with Crippen LogP contribution in [0.2, 0.25) is 0 Å². The van der Waals surface area contributed by atoms with E-state index in [4.69, 9.17) is 4.74 Å². The van der Waals surface area contributed by atoms with Gasteiger partial charge in [0.25, 0.3) is 0 Å². The molecule has 3 unspecified atom stereocenters. The number of carbonyl (C=O) groups is 1. The minimum Gasteiger partial charge on any atom is -0.379 e. The van der Waals surface area contributed by atoms with E-state index in [2.05, 4.69) is 39.9 Å². The number of hydrogen-bond donors (Lipinski definition) is 1. The van der Waals surface area contributed by atoms with Gasteiger partial charge < -0.3 is 10.1 Å². The molecule has 1 aliphatic carbocycles. The van der Waals surface area contributed by atoms with Crippen LogP contribution in [-0.4, -0.2) is 24.7 Å². The summed E-state index contributed by atoms with van der Waals surface area (Å²) in [6.45, 7) is 13.1. The van der Waals surface area contributed by atoms with E-state index < -0.39 is 0 Å². The Morgan fingerprint density at radius 3 is 2.08 bits per heavy atom. The average Bonchev–Trinajstić information content (AvgIpc) is 2.51. The van der Waals surface area contributed by atoms with E-state index in [1.54, 1.807) is 7.11 Å². The molecule has 0 aromatic carbocycles. The number of hydrogen-bond acceptors (Lipinski definition) is 2. The first-order chi connectivity index (χ1) is 12.2. The zero-order chi connectivity index (χ0) is 19.7. The van der Waals surface area contributed by atoms with Gasteiger partial charge in [-0.05, 0) is 57.3 Å². The number of nitrogens with one attached hydrogen (secondary N) is 1. The van der Waals surface area contributed by atoms with Crippen LogP contribution in [0.25, 0.3) is 0 Å². The third-order valence-electron chi connectivity index (χ3n) is 6.22. The van der Waals surface area contributed by atoms with Crippen LogP contribution < -0.4 is 5.32 Å². The van der Waals surface area contributed by atoms with Gasteiger partial charge >= 0.3 is 0 Å². The molecule has 0 bridgehead atoms. The number of rotatable bonds is 9. The monoisotopic (exact) mass is 367 g/mol. The van der Waals surface area contributed by atoms with Crippen molar-refractivity contribution in [3.8, 4) is 0 Å². The Hall–Kier alpha value is -0.570. The summed E-state index contributed by atoms with van der Waals surface area (Å²) in [5.74, 6) is 2.02. The molecule has 3 atom stereocenters. The second-order valence-corrected chi connectivity index (χ2v) is 9.82.